The number of para-hydroxylation sites is 1. The van der Waals surface area contributed by atoms with Crippen molar-refractivity contribution in [3.63, 3.8) is 0 Å². The summed E-state index contributed by atoms with van der Waals surface area (Å²) in [4.78, 5) is 0. The van der Waals surface area contributed by atoms with Gasteiger partial charge in [-0.05, 0) is 44.4 Å². The van der Waals surface area contributed by atoms with Gasteiger partial charge in [0.05, 0.1) is 7.11 Å². The van der Waals surface area contributed by atoms with Crippen LogP contribution in [0.15, 0.2) is 24.3 Å². The molecule has 2 nitrogen and oxygen atoms in total. The molecule has 2 heteroatoms. The largest absolute Gasteiger partial charge is 0.496 e. The van der Waals surface area contributed by atoms with Gasteiger partial charge in [0.15, 0.2) is 0 Å². The van der Waals surface area contributed by atoms with E-state index in [-0.39, 0.29) is 0 Å². The maximum Gasteiger partial charge on any atom is 0.122 e. The molecule has 90 valence electrons. The van der Waals surface area contributed by atoms with Crippen LogP contribution in [0.2, 0.25) is 0 Å². The van der Waals surface area contributed by atoms with Gasteiger partial charge in [0.25, 0.3) is 0 Å². The van der Waals surface area contributed by atoms with Gasteiger partial charge in [-0.1, -0.05) is 25.1 Å². The molecule has 0 aromatic heterocycles. The smallest absolute Gasteiger partial charge is 0.122 e. The molecule has 1 unspecified atom stereocenters. The highest BCUT2D eigenvalue weighted by Gasteiger charge is 2.04. The quantitative estimate of drug-likeness (QED) is 0.764. The van der Waals surface area contributed by atoms with E-state index in [0.717, 1.165) is 25.1 Å². The van der Waals surface area contributed by atoms with Crippen LogP contribution in [0.5, 0.6) is 5.75 Å². The third kappa shape index (κ3) is 4.23. The van der Waals surface area contributed by atoms with E-state index in [2.05, 4.69) is 31.3 Å². The van der Waals surface area contributed by atoms with E-state index >= 15 is 0 Å². The molecule has 0 bridgehead atoms. The van der Waals surface area contributed by atoms with E-state index in [1.54, 1.807) is 7.11 Å². The van der Waals surface area contributed by atoms with Crippen molar-refractivity contribution in [3.8, 4) is 5.75 Å². The monoisotopic (exact) mass is 221 g/mol. The lowest BCUT2D eigenvalue weighted by Gasteiger charge is -2.14. The summed E-state index contributed by atoms with van der Waals surface area (Å²) in [5, 5.41) is 3.50. The van der Waals surface area contributed by atoms with Crippen molar-refractivity contribution < 1.29 is 4.74 Å². The van der Waals surface area contributed by atoms with Crippen LogP contribution in [0.4, 0.5) is 0 Å². The van der Waals surface area contributed by atoms with Gasteiger partial charge in [0.1, 0.15) is 5.75 Å². The Morgan fingerprint density at radius 2 is 2.06 bits per heavy atom. The molecule has 0 fully saturated rings. The summed E-state index contributed by atoms with van der Waals surface area (Å²) < 4.78 is 5.34. The molecule has 1 atom stereocenters. The van der Waals surface area contributed by atoms with Crippen LogP contribution < -0.4 is 10.1 Å². The zero-order valence-corrected chi connectivity index (χ0v) is 10.6. The number of hydrogen-bond acceptors (Lipinski definition) is 2. The molecule has 16 heavy (non-hydrogen) atoms. The Morgan fingerprint density at radius 1 is 1.31 bits per heavy atom. The topological polar surface area (TPSA) is 21.3 Å². The molecule has 0 aliphatic heterocycles. The lowest BCUT2D eigenvalue weighted by atomic mass is 10.1. The number of nitrogens with one attached hydrogen (secondary N) is 1. The van der Waals surface area contributed by atoms with Crippen molar-refractivity contribution in [1.29, 1.82) is 0 Å². The van der Waals surface area contributed by atoms with Crippen LogP contribution >= 0.6 is 0 Å². The summed E-state index contributed by atoms with van der Waals surface area (Å²) in [5.41, 5.74) is 1.30. The fraction of sp³-hybridized carbons (Fsp3) is 0.571. The summed E-state index contributed by atoms with van der Waals surface area (Å²) in [6, 6.07) is 8.83. The lowest BCUT2D eigenvalue weighted by Crippen LogP contribution is -2.27. The zero-order valence-electron chi connectivity index (χ0n) is 10.6. The molecule has 1 rings (SSSR count). The van der Waals surface area contributed by atoms with Crippen LogP contribution in [0, 0.1) is 0 Å². The van der Waals surface area contributed by atoms with Crippen LogP contribution in [0.3, 0.4) is 0 Å². The van der Waals surface area contributed by atoms with Gasteiger partial charge in [-0.15, -0.1) is 0 Å². The van der Waals surface area contributed by atoms with Crippen molar-refractivity contribution in [2.45, 2.75) is 39.2 Å². The molecule has 0 spiro atoms. The zero-order chi connectivity index (χ0) is 11.8. The second-order valence-electron chi connectivity index (χ2n) is 4.21. The van der Waals surface area contributed by atoms with E-state index in [0.29, 0.717) is 6.04 Å². The third-order valence-electron chi connectivity index (χ3n) is 2.78. The predicted octanol–water partition coefficient (Wildman–Crippen LogP) is 3.02. The molecule has 0 saturated heterocycles. The summed E-state index contributed by atoms with van der Waals surface area (Å²) in [6.45, 7) is 5.54. The Bertz CT molecular complexity index is 299. The van der Waals surface area contributed by atoms with Gasteiger partial charge < -0.3 is 10.1 Å². The number of hydrogen-bond donors (Lipinski definition) is 1. The Kier molecular flexibility index (Phi) is 5.94. The van der Waals surface area contributed by atoms with Crippen LogP contribution in [-0.2, 0) is 6.42 Å². The molecule has 0 aliphatic rings. The second-order valence-corrected chi connectivity index (χ2v) is 4.21. The predicted molar refractivity (Wildman–Crippen MR) is 69.1 cm³/mol. The molecule has 0 radical (unpaired) electrons. The van der Waals surface area contributed by atoms with Crippen LogP contribution in [0.1, 0.15) is 32.3 Å². The molecule has 0 saturated carbocycles. The summed E-state index contributed by atoms with van der Waals surface area (Å²) in [5.74, 6) is 1.00. The Labute approximate surface area is 99.0 Å². The van der Waals surface area contributed by atoms with E-state index in [1.807, 2.05) is 12.1 Å². The van der Waals surface area contributed by atoms with E-state index < -0.39 is 0 Å². The molecule has 0 amide bonds. The lowest BCUT2D eigenvalue weighted by molar-refractivity contribution is 0.407. The van der Waals surface area contributed by atoms with Crippen molar-refractivity contribution in [2.24, 2.45) is 0 Å². The van der Waals surface area contributed by atoms with E-state index in [1.165, 1.54) is 12.0 Å². The first-order chi connectivity index (χ1) is 7.77. The van der Waals surface area contributed by atoms with E-state index in [9.17, 15) is 0 Å². The molecular weight excluding hydrogens is 198 g/mol. The van der Waals surface area contributed by atoms with Gasteiger partial charge in [-0.3, -0.25) is 0 Å². The first kappa shape index (κ1) is 13.0. The molecule has 0 heterocycles. The third-order valence-corrected chi connectivity index (χ3v) is 2.78. The minimum Gasteiger partial charge on any atom is -0.496 e. The average molecular weight is 221 g/mol. The fourth-order valence-corrected chi connectivity index (χ4v) is 1.77. The molecule has 1 N–H and O–H groups in total. The van der Waals surface area contributed by atoms with Crippen molar-refractivity contribution in [2.75, 3.05) is 13.7 Å². The number of ether oxygens (including phenoxy) is 1. The minimum atomic E-state index is 0.574. The maximum atomic E-state index is 5.34. The van der Waals surface area contributed by atoms with Crippen molar-refractivity contribution in [1.82, 2.24) is 5.32 Å². The van der Waals surface area contributed by atoms with Crippen LogP contribution in [0.25, 0.3) is 0 Å². The van der Waals surface area contributed by atoms with Gasteiger partial charge in [-0.25, -0.2) is 0 Å². The maximum absolute atomic E-state index is 5.34. The number of methoxy groups -OCH3 is 1. The molecule has 1 aromatic rings. The molecular formula is C14H23NO. The highest BCUT2D eigenvalue weighted by atomic mass is 16.5. The highest BCUT2D eigenvalue weighted by molar-refractivity contribution is 5.33. The average Bonchev–Trinajstić information content (AvgIpc) is 2.34. The summed E-state index contributed by atoms with van der Waals surface area (Å²) in [6.07, 6.45) is 3.42. The summed E-state index contributed by atoms with van der Waals surface area (Å²) >= 11 is 0. The van der Waals surface area contributed by atoms with Gasteiger partial charge in [0.2, 0.25) is 0 Å². The molecule has 1 aromatic carbocycles. The normalized spacial score (nSPS) is 12.4. The first-order valence-corrected chi connectivity index (χ1v) is 6.13. The van der Waals surface area contributed by atoms with Gasteiger partial charge in [-0.2, -0.15) is 0 Å². The van der Waals surface area contributed by atoms with Gasteiger partial charge >= 0.3 is 0 Å². The number of rotatable bonds is 7. The summed E-state index contributed by atoms with van der Waals surface area (Å²) in [7, 11) is 1.73. The first-order valence-electron chi connectivity index (χ1n) is 6.13. The fourth-order valence-electron chi connectivity index (χ4n) is 1.77. The van der Waals surface area contributed by atoms with Crippen LogP contribution in [-0.4, -0.2) is 19.7 Å². The minimum absolute atomic E-state index is 0.574. The standard InChI is InChI=1S/C14H23NO/c1-4-11-15-12(2)9-10-13-7-5-6-8-14(13)16-3/h5-8,12,15H,4,9-11H2,1-3H3. The van der Waals surface area contributed by atoms with E-state index in [4.69, 9.17) is 4.74 Å². The Morgan fingerprint density at radius 3 is 2.75 bits per heavy atom. The highest BCUT2D eigenvalue weighted by Crippen LogP contribution is 2.19. The molecule has 0 aliphatic carbocycles. The second kappa shape index (κ2) is 7.29. The Hall–Kier alpha value is -1.02. The van der Waals surface area contributed by atoms with Crippen molar-refractivity contribution >= 4 is 0 Å². The number of benzene rings is 1. The van der Waals surface area contributed by atoms with Crippen molar-refractivity contribution in [3.05, 3.63) is 29.8 Å². The Balaban J connectivity index is 2.41. The van der Waals surface area contributed by atoms with Gasteiger partial charge in [0, 0.05) is 6.04 Å². The SMILES string of the molecule is CCCNC(C)CCc1ccccc1OC. The number of aryl methyl sites for hydroxylation is 1.